The van der Waals surface area contributed by atoms with Gasteiger partial charge in [0.25, 0.3) is 0 Å². The summed E-state index contributed by atoms with van der Waals surface area (Å²) in [6.45, 7) is 1.79. The predicted molar refractivity (Wildman–Crippen MR) is 123 cm³/mol. The quantitative estimate of drug-likeness (QED) is 0.570. The number of rotatable bonds is 6. The van der Waals surface area contributed by atoms with Gasteiger partial charge in [0.1, 0.15) is 12.1 Å². The fourth-order valence-corrected chi connectivity index (χ4v) is 5.24. The van der Waals surface area contributed by atoms with Crippen LogP contribution in [0.4, 0.5) is 5.69 Å². The number of fused-ring (bicyclic) bond motifs is 1. The van der Waals surface area contributed by atoms with Crippen LogP contribution in [-0.4, -0.2) is 50.5 Å². The maximum absolute atomic E-state index is 12.6. The van der Waals surface area contributed by atoms with E-state index in [0.29, 0.717) is 18.8 Å². The number of H-pyrrole nitrogens is 1. The van der Waals surface area contributed by atoms with Gasteiger partial charge in [-0.05, 0) is 72.7 Å². The van der Waals surface area contributed by atoms with Crippen LogP contribution in [0.1, 0.15) is 30.7 Å². The van der Waals surface area contributed by atoms with E-state index in [0.717, 1.165) is 72.5 Å². The zero-order valence-electron chi connectivity index (χ0n) is 18.2. The first-order valence-corrected chi connectivity index (χ1v) is 11.5. The van der Waals surface area contributed by atoms with Gasteiger partial charge in [0, 0.05) is 18.7 Å². The van der Waals surface area contributed by atoms with Crippen molar-refractivity contribution >= 4 is 17.9 Å². The number of benzene rings is 2. The Balaban J connectivity index is 1.21. The summed E-state index contributed by atoms with van der Waals surface area (Å²) in [5.41, 5.74) is 4.23. The third kappa shape index (κ3) is 3.51. The second kappa shape index (κ2) is 7.52. The Morgan fingerprint density at radius 3 is 2.64 bits per heavy atom. The fraction of sp³-hybridized carbons (Fsp3) is 0.360. The molecule has 2 N–H and O–H groups in total. The molecule has 8 nitrogen and oxygen atoms in total. The Morgan fingerprint density at radius 2 is 1.88 bits per heavy atom. The molecular formula is C25H25N5O3. The molecule has 8 heteroatoms. The highest BCUT2D eigenvalue weighted by molar-refractivity contribution is 5.99. The number of hydrogen-bond acceptors (Lipinski definition) is 5. The van der Waals surface area contributed by atoms with Gasteiger partial charge in [-0.25, -0.2) is 14.5 Å². The molecule has 3 heterocycles. The zero-order chi connectivity index (χ0) is 22.6. The van der Waals surface area contributed by atoms with Crippen LogP contribution in [0.5, 0.6) is 0 Å². The molecule has 2 aliphatic heterocycles. The van der Waals surface area contributed by atoms with Gasteiger partial charge in [-0.3, -0.25) is 9.69 Å². The average Bonchev–Trinajstić information content (AvgIpc) is 3.11. The lowest BCUT2D eigenvalue weighted by Gasteiger charge is -2.22. The molecule has 3 aromatic rings. The summed E-state index contributed by atoms with van der Waals surface area (Å²) in [7, 11) is 0. The van der Waals surface area contributed by atoms with Gasteiger partial charge in [-0.2, -0.15) is 5.10 Å². The molecule has 1 amide bonds. The summed E-state index contributed by atoms with van der Waals surface area (Å²) in [6, 6.07) is 13.8. The first-order valence-electron chi connectivity index (χ1n) is 11.5. The van der Waals surface area contributed by atoms with Crippen molar-refractivity contribution in [2.75, 3.05) is 18.4 Å². The number of nitrogens with zero attached hydrogens (tertiary/aromatic N) is 3. The predicted octanol–water partition coefficient (Wildman–Crippen LogP) is 2.32. The number of amides is 1. The maximum Gasteiger partial charge on any atom is 0.347 e. The number of carbonyl (C=O) groups excluding carboxylic acids is 2. The highest BCUT2D eigenvalue weighted by Gasteiger charge is 2.50. The van der Waals surface area contributed by atoms with E-state index in [1.807, 2.05) is 42.5 Å². The van der Waals surface area contributed by atoms with E-state index in [9.17, 15) is 14.4 Å². The molecule has 6 rings (SSSR count). The summed E-state index contributed by atoms with van der Waals surface area (Å²) in [5, 5.41) is 9.76. The van der Waals surface area contributed by atoms with Crippen LogP contribution in [0.25, 0.3) is 16.8 Å². The summed E-state index contributed by atoms with van der Waals surface area (Å²) in [4.78, 5) is 37.9. The molecule has 2 fully saturated rings. The molecule has 1 saturated heterocycles. The Bertz CT molecular complexity index is 1300. The maximum atomic E-state index is 12.6. The monoisotopic (exact) mass is 443 g/mol. The number of anilines is 1. The van der Waals surface area contributed by atoms with Crippen molar-refractivity contribution in [2.24, 2.45) is 5.92 Å². The van der Waals surface area contributed by atoms with Gasteiger partial charge in [0.2, 0.25) is 5.91 Å². The third-order valence-corrected chi connectivity index (χ3v) is 7.30. The number of nitrogens with one attached hydrogen (secondary N) is 2. The van der Waals surface area contributed by atoms with Crippen LogP contribution in [0.2, 0.25) is 0 Å². The first kappa shape index (κ1) is 20.1. The minimum atomic E-state index is -0.249. The van der Waals surface area contributed by atoms with Crippen LogP contribution in [0.3, 0.4) is 0 Å². The van der Waals surface area contributed by atoms with E-state index in [1.54, 1.807) is 4.57 Å². The highest BCUT2D eigenvalue weighted by Crippen LogP contribution is 2.42. The lowest BCUT2D eigenvalue weighted by molar-refractivity contribution is -0.115. The second-order valence-electron chi connectivity index (χ2n) is 9.45. The number of carbonyl (C=O) groups is 2. The average molecular weight is 444 g/mol. The highest BCUT2D eigenvalue weighted by atomic mass is 16.2. The van der Waals surface area contributed by atoms with Crippen molar-refractivity contribution < 1.29 is 9.59 Å². The minimum absolute atomic E-state index is 0.0215. The Kier molecular flexibility index (Phi) is 4.58. The van der Waals surface area contributed by atoms with Gasteiger partial charge in [0.05, 0.1) is 17.6 Å². The van der Waals surface area contributed by atoms with Crippen molar-refractivity contribution in [3.05, 3.63) is 64.3 Å². The molecule has 0 unspecified atom stereocenters. The van der Waals surface area contributed by atoms with E-state index in [-0.39, 0.29) is 17.1 Å². The van der Waals surface area contributed by atoms with Crippen LogP contribution < -0.4 is 11.0 Å². The van der Waals surface area contributed by atoms with Gasteiger partial charge in [0.15, 0.2) is 0 Å². The first-order chi connectivity index (χ1) is 16.0. The van der Waals surface area contributed by atoms with Gasteiger partial charge < -0.3 is 10.1 Å². The molecular weight excluding hydrogens is 418 g/mol. The van der Waals surface area contributed by atoms with E-state index >= 15 is 0 Å². The number of likely N-dealkylation sites (tertiary alicyclic amines) is 1. The van der Waals surface area contributed by atoms with E-state index in [2.05, 4.69) is 20.4 Å². The molecule has 0 bridgehead atoms. The van der Waals surface area contributed by atoms with Crippen LogP contribution in [0.15, 0.2) is 47.3 Å². The summed E-state index contributed by atoms with van der Waals surface area (Å²) < 4.78 is 1.64. The van der Waals surface area contributed by atoms with Crippen LogP contribution in [0, 0.1) is 5.92 Å². The van der Waals surface area contributed by atoms with Crippen molar-refractivity contribution in [1.82, 2.24) is 19.7 Å². The summed E-state index contributed by atoms with van der Waals surface area (Å²) >= 11 is 0. The SMILES string of the molecule is O=CC1(N2CC[C@@H](Cc3n[nH]c(=O)n3-c3ccc(-c4ccc5c(c4)CC(=O)N5)cc3)C2)CC1. The summed E-state index contributed by atoms with van der Waals surface area (Å²) in [5.74, 6) is 1.12. The van der Waals surface area contributed by atoms with Crippen LogP contribution in [-0.2, 0) is 22.4 Å². The lowest BCUT2D eigenvalue weighted by Crippen LogP contribution is -2.36. The van der Waals surface area contributed by atoms with Gasteiger partial charge in [-0.1, -0.05) is 18.2 Å². The molecule has 1 atom stereocenters. The molecule has 3 aliphatic rings. The molecule has 1 saturated carbocycles. The Morgan fingerprint density at radius 1 is 1.09 bits per heavy atom. The van der Waals surface area contributed by atoms with Gasteiger partial charge >= 0.3 is 5.69 Å². The standard InChI is InChI=1S/C25H25N5O3/c31-15-25(8-9-25)29-10-7-16(14-29)11-22-27-28-24(33)30(22)20-4-1-17(2-5-20)18-3-6-21-19(12-18)13-23(32)26-21/h1-6,12,15-16H,7-11,13-14H2,(H,26,32)(H,28,33)/t16-/m0/s1. The molecule has 33 heavy (non-hydrogen) atoms. The summed E-state index contributed by atoms with van der Waals surface area (Å²) in [6.07, 6.45) is 5.13. The molecule has 1 aromatic heterocycles. The topological polar surface area (TPSA) is 100 Å². The number of aldehydes is 1. The largest absolute Gasteiger partial charge is 0.347 e. The Labute approximate surface area is 190 Å². The van der Waals surface area contributed by atoms with Crippen LogP contribution >= 0.6 is 0 Å². The van der Waals surface area contributed by atoms with E-state index < -0.39 is 0 Å². The fourth-order valence-electron chi connectivity index (χ4n) is 5.24. The minimum Gasteiger partial charge on any atom is -0.326 e. The molecule has 2 aromatic carbocycles. The lowest BCUT2D eigenvalue weighted by atomic mass is 10.0. The van der Waals surface area contributed by atoms with E-state index in [1.165, 1.54) is 0 Å². The van der Waals surface area contributed by atoms with Crippen molar-refractivity contribution in [2.45, 2.75) is 37.6 Å². The van der Waals surface area contributed by atoms with Crippen molar-refractivity contribution in [3.8, 4) is 16.8 Å². The molecule has 0 spiro atoms. The molecule has 168 valence electrons. The Hall–Kier alpha value is -3.52. The third-order valence-electron chi connectivity index (χ3n) is 7.30. The molecule has 1 aliphatic carbocycles. The van der Waals surface area contributed by atoms with Crippen molar-refractivity contribution in [3.63, 3.8) is 0 Å². The number of aromatic amines is 1. The number of aromatic nitrogens is 3. The smallest absolute Gasteiger partial charge is 0.326 e. The van der Waals surface area contributed by atoms with Crippen molar-refractivity contribution in [1.29, 1.82) is 0 Å². The normalized spacial score (nSPS) is 21.1. The number of hydrogen-bond donors (Lipinski definition) is 2. The second-order valence-corrected chi connectivity index (χ2v) is 9.45. The van der Waals surface area contributed by atoms with E-state index in [4.69, 9.17) is 0 Å². The van der Waals surface area contributed by atoms with Gasteiger partial charge in [-0.15, -0.1) is 0 Å². The molecule has 0 radical (unpaired) electrons. The zero-order valence-corrected chi connectivity index (χ0v) is 18.2.